The molecular formula is C16H24F3N5. The molecule has 1 aliphatic rings. The van der Waals surface area contributed by atoms with Crippen molar-refractivity contribution < 1.29 is 13.2 Å². The maximum atomic E-state index is 12.9. The highest BCUT2D eigenvalue weighted by Crippen LogP contribution is 2.30. The van der Waals surface area contributed by atoms with Crippen molar-refractivity contribution in [3.8, 4) is 0 Å². The largest absolute Gasteiger partial charge is 0.435 e. The van der Waals surface area contributed by atoms with Crippen LogP contribution in [0.25, 0.3) is 0 Å². The number of halogens is 3. The van der Waals surface area contributed by atoms with Crippen molar-refractivity contribution in [1.82, 2.24) is 20.4 Å². The van der Waals surface area contributed by atoms with E-state index in [4.69, 9.17) is 0 Å². The van der Waals surface area contributed by atoms with Crippen LogP contribution in [0.3, 0.4) is 0 Å². The van der Waals surface area contributed by atoms with Gasteiger partial charge in [0.15, 0.2) is 11.7 Å². The normalized spacial score (nSPS) is 16.0. The standard InChI is InChI=1S/C16H24F3N5/c1-20-15(21-9-8-12-6-4-3-5-7-12)22-10-13-11-24(2)23-14(13)16(17,18)19/h6,11H,3-5,7-10H2,1-2H3,(H2,20,21,22). The summed E-state index contributed by atoms with van der Waals surface area (Å²) in [6.07, 6.45) is 4.90. The minimum absolute atomic E-state index is 0.0189. The summed E-state index contributed by atoms with van der Waals surface area (Å²) in [7, 11) is 3.08. The van der Waals surface area contributed by atoms with Crippen LogP contribution in [0.4, 0.5) is 13.2 Å². The molecule has 24 heavy (non-hydrogen) atoms. The topological polar surface area (TPSA) is 54.2 Å². The Hall–Kier alpha value is -1.99. The van der Waals surface area contributed by atoms with Crippen LogP contribution in [0.2, 0.25) is 0 Å². The van der Waals surface area contributed by atoms with Crippen LogP contribution in [0.1, 0.15) is 43.4 Å². The van der Waals surface area contributed by atoms with Crippen molar-refractivity contribution in [2.24, 2.45) is 12.0 Å². The van der Waals surface area contributed by atoms with E-state index >= 15 is 0 Å². The van der Waals surface area contributed by atoms with E-state index in [2.05, 4.69) is 26.8 Å². The van der Waals surface area contributed by atoms with E-state index in [1.807, 2.05) is 0 Å². The van der Waals surface area contributed by atoms with Gasteiger partial charge in [-0.05, 0) is 32.1 Å². The number of alkyl halides is 3. The second-order valence-electron chi connectivity index (χ2n) is 5.89. The minimum Gasteiger partial charge on any atom is -0.356 e. The van der Waals surface area contributed by atoms with E-state index in [-0.39, 0.29) is 12.1 Å². The first-order valence-corrected chi connectivity index (χ1v) is 8.12. The van der Waals surface area contributed by atoms with Crippen LogP contribution in [0.15, 0.2) is 22.8 Å². The number of aliphatic imine (C=N–C) groups is 1. The molecule has 0 spiro atoms. The van der Waals surface area contributed by atoms with Crippen molar-refractivity contribution in [3.05, 3.63) is 29.1 Å². The van der Waals surface area contributed by atoms with Crippen LogP contribution < -0.4 is 10.6 Å². The Kier molecular flexibility index (Phi) is 6.28. The van der Waals surface area contributed by atoms with Gasteiger partial charge in [0, 0.05) is 38.9 Å². The third-order valence-corrected chi connectivity index (χ3v) is 3.97. The second-order valence-corrected chi connectivity index (χ2v) is 5.89. The van der Waals surface area contributed by atoms with Crippen molar-refractivity contribution in [3.63, 3.8) is 0 Å². The lowest BCUT2D eigenvalue weighted by Crippen LogP contribution is -2.37. The van der Waals surface area contributed by atoms with Gasteiger partial charge in [0.25, 0.3) is 0 Å². The van der Waals surface area contributed by atoms with Crippen LogP contribution in [-0.4, -0.2) is 29.3 Å². The zero-order valence-corrected chi connectivity index (χ0v) is 14.1. The number of rotatable bonds is 5. The number of hydrogen-bond acceptors (Lipinski definition) is 2. The lowest BCUT2D eigenvalue weighted by Gasteiger charge is -2.15. The van der Waals surface area contributed by atoms with Gasteiger partial charge in [0.1, 0.15) is 0 Å². The molecule has 0 saturated heterocycles. The third kappa shape index (κ3) is 5.28. The number of aryl methyl sites for hydroxylation is 1. The Morgan fingerprint density at radius 1 is 1.33 bits per heavy atom. The van der Waals surface area contributed by atoms with Gasteiger partial charge >= 0.3 is 6.18 Å². The summed E-state index contributed by atoms with van der Waals surface area (Å²) >= 11 is 0. The first-order valence-electron chi connectivity index (χ1n) is 8.12. The molecule has 2 N–H and O–H groups in total. The van der Waals surface area contributed by atoms with Gasteiger partial charge < -0.3 is 10.6 Å². The molecule has 134 valence electrons. The number of allylic oxidation sites excluding steroid dienone is 1. The second kappa shape index (κ2) is 8.21. The highest BCUT2D eigenvalue weighted by Gasteiger charge is 2.36. The zero-order chi connectivity index (χ0) is 17.6. The summed E-state index contributed by atoms with van der Waals surface area (Å²) in [5.41, 5.74) is 0.680. The van der Waals surface area contributed by atoms with Crippen molar-refractivity contribution in [2.45, 2.75) is 44.8 Å². The average Bonchev–Trinajstić information content (AvgIpc) is 2.93. The molecule has 1 heterocycles. The Labute approximate surface area is 140 Å². The average molecular weight is 343 g/mol. The smallest absolute Gasteiger partial charge is 0.356 e. The van der Waals surface area contributed by atoms with Gasteiger partial charge in [0.2, 0.25) is 0 Å². The summed E-state index contributed by atoms with van der Waals surface area (Å²) < 4.78 is 39.9. The molecule has 0 aromatic carbocycles. The fourth-order valence-corrected chi connectivity index (χ4v) is 2.78. The minimum atomic E-state index is -4.46. The van der Waals surface area contributed by atoms with Gasteiger partial charge in [-0.25, -0.2) is 0 Å². The zero-order valence-electron chi connectivity index (χ0n) is 14.1. The summed E-state index contributed by atoms with van der Waals surface area (Å²) in [6, 6.07) is 0. The van der Waals surface area contributed by atoms with Gasteiger partial charge in [-0.2, -0.15) is 18.3 Å². The maximum Gasteiger partial charge on any atom is 0.435 e. The molecule has 0 unspecified atom stereocenters. The highest BCUT2D eigenvalue weighted by molar-refractivity contribution is 5.79. The number of aromatic nitrogens is 2. The summed E-state index contributed by atoms with van der Waals surface area (Å²) in [4.78, 5) is 4.05. The molecule has 0 saturated carbocycles. The van der Waals surface area contributed by atoms with Crippen LogP contribution in [0, 0.1) is 0 Å². The molecule has 8 heteroatoms. The molecule has 2 rings (SSSR count). The predicted molar refractivity (Wildman–Crippen MR) is 87.6 cm³/mol. The monoisotopic (exact) mass is 343 g/mol. The van der Waals surface area contributed by atoms with Crippen molar-refractivity contribution in [2.75, 3.05) is 13.6 Å². The third-order valence-electron chi connectivity index (χ3n) is 3.97. The SMILES string of the molecule is CN=C(NCCC1=CCCCC1)NCc1cn(C)nc1C(F)(F)F. The van der Waals surface area contributed by atoms with Gasteiger partial charge in [-0.15, -0.1) is 0 Å². The lowest BCUT2D eigenvalue weighted by atomic mass is 9.97. The quantitative estimate of drug-likeness (QED) is 0.491. The van der Waals surface area contributed by atoms with Gasteiger partial charge in [0.05, 0.1) is 0 Å². The molecule has 0 bridgehead atoms. The van der Waals surface area contributed by atoms with E-state index in [0.29, 0.717) is 12.5 Å². The van der Waals surface area contributed by atoms with Gasteiger partial charge in [-0.3, -0.25) is 9.67 Å². The first-order chi connectivity index (χ1) is 11.4. The molecule has 1 aromatic heterocycles. The summed E-state index contributed by atoms with van der Waals surface area (Å²) in [5, 5.41) is 9.55. The lowest BCUT2D eigenvalue weighted by molar-refractivity contribution is -0.142. The number of nitrogens with zero attached hydrogens (tertiary/aromatic N) is 3. The van der Waals surface area contributed by atoms with E-state index in [9.17, 15) is 13.2 Å². The van der Waals surface area contributed by atoms with E-state index < -0.39 is 11.9 Å². The van der Waals surface area contributed by atoms with Crippen molar-refractivity contribution >= 4 is 5.96 Å². The van der Waals surface area contributed by atoms with Crippen molar-refractivity contribution in [1.29, 1.82) is 0 Å². The molecule has 5 nitrogen and oxygen atoms in total. The fraction of sp³-hybridized carbons (Fsp3) is 0.625. The predicted octanol–water partition coefficient (Wildman–Crippen LogP) is 2.99. The maximum absolute atomic E-state index is 12.9. The van der Waals surface area contributed by atoms with E-state index in [1.165, 1.54) is 36.3 Å². The van der Waals surface area contributed by atoms with E-state index in [0.717, 1.165) is 19.3 Å². The van der Waals surface area contributed by atoms with Gasteiger partial charge in [-0.1, -0.05) is 11.6 Å². The molecule has 0 atom stereocenters. The van der Waals surface area contributed by atoms with E-state index in [1.54, 1.807) is 7.05 Å². The molecule has 1 aromatic rings. The Morgan fingerprint density at radius 2 is 2.12 bits per heavy atom. The Balaban J connectivity index is 1.84. The molecule has 1 aliphatic carbocycles. The van der Waals surface area contributed by atoms with Crippen LogP contribution in [0.5, 0.6) is 0 Å². The Bertz CT molecular complexity index is 601. The highest BCUT2D eigenvalue weighted by atomic mass is 19.4. The molecule has 0 amide bonds. The molecule has 0 fully saturated rings. The Morgan fingerprint density at radius 3 is 2.75 bits per heavy atom. The summed E-state index contributed by atoms with van der Waals surface area (Å²) in [5.74, 6) is 0.489. The number of guanidine groups is 1. The molecule has 0 aliphatic heterocycles. The molecule has 0 radical (unpaired) electrons. The number of nitrogens with one attached hydrogen (secondary N) is 2. The summed E-state index contributed by atoms with van der Waals surface area (Å²) in [6.45, 7) is 0.732. The van der Waals surface area contributed by atoms with Crippen LogP contribution in [-0.2, 0) is 19.8 Å². The molecular weight excluding hydrogens is 319 g/mol. The first kappa shape index (κ1) is 18.4. The van der Waals surface area contributed by atoms with Crippen LogP contribution >= 0.6 is 0 Å². The fourth-order valence-electron chi connectivity index (χ4n) is 2.78. The number of hydrogen-bond donors (Lipinski definition) is 2.